The van der Waals surface area contributed by atoms with Crippen LogP contribution in [0.3, 0.4) is 0 Å². The number of hydrogen-bond acceptors (Lipinski definition) is 3. The number of imide groups is 1. The van der Waals surface area contributed by atoms with E-state index in [0.717, 1.165) is 12.8 Å². The van der Waals surface area contributed by atoms with Gasteiger partial charge in [-0.1, -0.05) is 13.0 Å². The molecule has 2 heterocycles. The topological polar surface area (TPSA) is 49.9 Å². The SMILES string of the molecule is COc1cccc(N2C(=O)C3CC(C)CCN3C2=O)c1. The van der Waals surface area contributed by atoms with Gasteiger partial charge in [0.1, 0.15) is 11.8 Å². The minimum atomic E-state index is -0.294. The van der Waals surface area contributed by atoms with Gasteiger partial charge in [-0.05, 0) is 30.9 Å². The van der Waals surface area contributed by atoms with Gasteiger partial charge >= 0.3 is 6.03 Å². The summed E-state index contributed by atoms with van der Waals surface area (Å²) in [5.41, 5.74) is 0.585. The predicted molar refractivity (Wildman–Crippen MR) is 74.8 cm³/mol. The van der Waals surface area contributed by atoms with Crippen molar-refractivity contribution in [1.29, 1.82) is 0 Å². The highest BCUT2D eigenvalue weighted by Gasteiger charge is 2.47. The first kappa shape index (κ1) is 13.0. The van der Waals surface area contributed by atoms with E-state index < -0.39 is 0 Å². The summed E-state index contributed by atoms with van der Waals surface area (Å²) in [6.07, 6.45) is 1.71. The molecule has 1 aromatic carbocycles. The molecule has 3 amide bonds. The maximum absolute atomic E-state index is 12.5. The van der Waals surface area contributed by atoms with Crippen LogP contribution >= 0.6 is 0 Å². The first-order valence-corrected chi connectivity index (χ1v) is 6.90. The Balaban J connectivity index is 1.93. The molecule has 0 bridgehead atoms. The lowest BCUT2D eigenvalue weighted by molar-refractivity contribution is -0.120. The highest BCUT2D eigenvalue weighted by atomic mass is 16.5. The first-order valence-electron chi connectivity index (χ1n) is 6.90. The molecule has 1 aromatic rings. The highest BCUT2D eigenvalue weighted by molar-refractivity contribution is 6.21. The maximum atomic E-state index is 12.5. The number of methoxy groups -OCH3 is 1. The molecule has 0 N–H and O–H groups in total. The smallest absolute Gasteiger partial charge is 0.332 e. The van der Waals surface area contributed by atoms with Crippen molar-refractivity contribution in [3.8, 4) is 5.75 Å². The van der Waals surface area contributed by atoms with Crippen molar-refractivity contribution in [3.63, 3.8) is 0 Å². The van der Waals surface area contributed by atoms with Crippen molar-refractivity contribution in [2.45, 2.75) is 25.8 Å². The van der Waals surface area contributed by atoms with Crippen molar-refractivity contribution in [2.24, 2.45) is 5.92 Å². The quantitative estimate of drug-likeness (QED) is 0.777. The average molecular weight is 274 g/mol. The second-order valence-corrected chi connectivity index (χ2v) is 5.50. The molecule has 2 fully saturated rings. The molecule has 106 valence electrons. The molecule has 5 heteroatoms. The van der Waals surface area contributed by atoms with Crippen LogP contribution < -0.4 is 9.64 Å². The molecule has 5 nitrogen and oxygen atoms in total. The predicted octanol–water partition coefficient (Wildman–Crippen LogP) is 2.26. The molecule has 2 atom stereocenters. The van der Waals surface area contributed by atoms with Crippen LogP contribution in [0.2, 0.25) is 0 Å². The largest absolute Gasteiger partial charge is 0.497 e. The number of hydrogen-bond donors (Lipinski definition) is 0. The molecular weight excluding hydrogens is 256 g/mol. The van der Waals surface area contributed by atoms with E-state index in [1.54, 1.807) is 36.3 Å². The lowest BCUT2D eigenvalue weighted by atomic mass is 9.93. The molecule has 3 rings (SSSR count). The van der Waals surface area contributed by atoms with Gasteiger partial charge in [0, 0.05) is 12.6 Å². The Morgan fingerprint density at radius 3 is 2.85 bits per heavy atom. The van der Waals surface area contributed by atoms with Crippen molar-refractivity contribution < 1.29 is 14.3 Å². The zero-order chi connectivity index (χ0) is 14.3. The van der Waals surface area contributed by atoms with Crippen LogP contribution in [0.25, 0.3) is 0 Å². The Bertz CT molecular complexity index is 558. The molecule has 0 aliphatic carbocycles. The number of carbonyl (C=O) groups is 2. The van der Waals surface area contributed by atoms with Crippen molar-refractivity contribution in [1.82, 2.24) is 4.90 Å². The lowest BCUT2D eigenvalue weighted by Gasteiger charge is -2.30. The fourth-order valence-corrected chi connectivity index (χ4v) is 2.96. The standard InChI is InChI=1S/C15H18N2O3/c1-10-6-7-16-13(8-10)14(18)17(15(16)19)11-4-3-5-12(9-11)20-2/h3-5,9-10,13H,6-8H2,1-2H3. The second kappa shape index (κ2) is 4.81. The fourth-order valence-electron chi connectivity index (χ4n) is 2.96. The number of amides is 3. The van der Waals surface area contributed by atoms with E-state index in [4.69, 9.17) is 4.74 Å². The molecule has 0 saturated carbocycles. The number of urea groups is 1. The van der Waals surface area contributed by atoms with Crippen molar-refractivity contribution in [3.05, 3.63) is 24.3 Å². The summed E-state index contributed by atoms with van der Waals surface area (Å²) in [5.74, 6) is 1.01. The molecule has 0 aromatic heterocycles. The van der Waals surface area contributed by atoms with E-state index in [0.29, 0.717) is 23.9 Å². The Kier molecular flexibility index (Phi) is 3.12. The summed E-state index contributed by atoms with van der Waals surface area (Å²) in [6.45, 7) is 2.79. The first-order chi connectivity index (χ1) is 9.61. The van der Waals surface area contributed by atoms with Crippen LogP contribution in [-0.2, 0) is 4.79 Å². The fraction of sp³-hybridized carbons (Fsp3) is 0.467. The van der Waals surface area contributed by atoms with E-state index in [9.17, 15) is 9.59 Å². The van der Waals surface area contributed by atoms with Crippen molar-refractivity contribution >= 4 is 17.6 Å². The van der Waals surface area contributed by atoms with Gasteiger partial charge in [-0.25, -0.2) is 9.69 Å². The van der Waals surface area contributed by atoms with E-state index in [2.05, 4.69) is 6.92 Å². The van der Waals surface area contributed by atoms with Crippen molar-refractivity contribution in [2.75, 3.05) is 18.6 Å². The second-order valence-electron chi connectivity index (χ2n) is 5.50. The zero-order valence-electron chi connectivity index (χ0n) is 11.7. The minimum absolute atomic E-state index is 0.116. The highest BCUT2D eigenvalue weighted by Crippen LogP contribution is 2.33. The van der Waals surface area contributed by atoms with Gasteiger partial charge in [0.25, 0.3) is 5.91 Å². The molecule has 2 aliphatic rings. The number of nitrogens with zero attached hydrogens (tertiary/aromatic N) is 2. The van der Waals surface area contributed by atoms with E-state index in [1.807, 2.05) is 0 Å². The van der Waals surface area contributed by atoms with Crippen LogP contribution in [0.15, 0.2) is 24.3 Å². The Morgan fingerprint density at radius 2 is 2.10 bits per heavy atom. The van der Waals surface area contributed by atoms with Gasteiger partial charge < -0.3 is 9.64 Å². The summed E-state index contributed by atoms with van der Waals surface area (Å²) in [5, 5.41) is 0. The molecule has 20 heavy (non-hydrogen) atoms. The van der Waals surface area contributed by atoms with Gasteiger partial charge in [0.2, 0.25) is 0 Å². The maximum Gasteiger partial charge on any atom is 0.332 e. The molecule has 2 aliphatic heterocycles. The average Bonchev–Trinajstić information content (AvgIpc) is 2.70. The number of rotatable bonds is 2. The van der Waals surface area contributed by atoms with Crippen LogP contribution in [0, 0.1) is 5.92 Å². The van der Waals surface area contributed by atoms with Crippen LogP contribution in [0.1, 0.15) is 19.8 Å². The van der Waals surface area contributed by atoms with Gasteiger partial charge in [-0.2, -0.15) is 0 Å². The normalized spacial score (nSPS) is 25.9. The minimum Gasteiger partial charge on any atom is -0.497 e. The lowest BCUT2D eigenvalue weighted by Crippen LogP contribution is -2.41. The number of fused-ring (bicyclic) bond motifs is 1. The monoisotopic (exact) mass is 274 g/mol. The van der Waals surface area contributed by atoms with Gasteiger partial charge in [0.05, 0.1) is 12.8 Å². The van der Waals surface area contributed by atoms with Gasteiger partial charge in [0.15, 0.2) is 0 Å². The summed E-state index contributed by atoms with van der Waals surface area (Å²) >= 11 is 0. The summed E-state index contributed by atoms with van der Waals surface area (Å²) in [7, 11) is 1.57. The Labute approximate surface area is 118 Å². The summed E-state index contributed by atoms with van der Waals surface area (Å²) < 4.78 is 5.16. The van der Waals surface area contributed by atoms with E-state index in [-0.39, 0.29) is 18.0 Å². The van der Waals surface area contributed by atoms with Crippen LogP contribution in [-0.4, -0.2) is 36.5 Å². The third-order valence-electron chi connectivity index (χ3n) is 4.12. The van der Waals surface area contributed by atoms with Gasteiger partial charge in [-0.3, -0.25) is 4.79 Å². The van der Waals surface area contributed by atoms with E-state index in [1.165, 1.54) is 4.90 Å². The molecule has 0 spiro atoms. The Hall–Kier alpha value is -2.04. The number of anilines is 1. The van der Waals surface area contributed by atoms with E-state index >= 15 is 0 Å². The number of carbonyl (C=O) groups excluding carboxylic acids is 2. The summed E-state index contributed by atoms with van der Waals surface area (Å²) in [6, 6.07) is 6.56. The molecular formula is C15H18N2O3. The number of piperidine rings is 1. The van der Waals surface area contributed by atoms with Crippen LogP contribution in [0.4, 0.5) is 10.5 Å². The van der Waals surface area contributed by atoms with Gasteiger partial charge in [-0.15, -0.1) is 0 Å². The molecule has 0 radical (unpaired) electrons. The third-order valence-corrected chi connectivity index (χ3v) is 4.12. The molecule has 2 unspecified atom stereocenters. The number of benzene rings is 1. The van der Waals surface area contributed by atoms with Crippen LogP contribution in [0.5, 0.6) is 5.75 Å². The Morgan fingerprint density at radius 1 is 1.30 bits per heavy atom. The molecule has 2 saturated heterocycles. The number of ether oxygens (including phenoxy) is 1. The third kappa shape index (κ3) is 1.94. The zero-order valence-corrected chi connectivity index (χ0v) is 11.7. The summed E-state index contributed by atoms with van der Waals surface area (Å²) in [4.78, 5) is 27.9.